The minimum atomic E-state index is -3.18. The average molecular weight is 242 g/mol. The van der Waals surface area contributed by atoms with Crippen LogP contribution in [0.15, 0.2) is 0 Å². The Kier molecular flexibility index (Phi) is 4.18. The lowest BCUT2D eigenvalue weighted by atomic mass is 10.3. The van der Waals surface area contributed by atoms with Crippen LogP contribution in [0.5, 0.6) is 0 Å². The first kappa shape index (κ1) is 12.2. The lowest BCUT2D eigenvalue weighted by Gasteiger charge is -2.34. The molecule has 1 aliphatic heterocycles. The molecule has 0 N–H and O–H groups in total. The fraction of sp³-hybridized carbons (Fsp3) is 1.00. The monoisotopic (exact) mass is 241 g/mol. The molecule has 0 aromatic carbocycles. The molecule has 0 radical (unpaired) electrons. The van der Waals surface area contributed by atoms with Crippen molar-refractivity contribution in [3.05, 3.63) is 0 Å². The fourth-order valence-electron chi connectivity index (χ4n) is 1.58. The molecule has 0 bridgehead atoms. The lowest BCUT2D eigenvalue weighted by Crippen LogP contribution is -2.48. The zero-order valence-electron chi connectivity index (χ0n) is 8.44. The molecule has 14 heavy (non-hydrogen) atoms. The molecular formula is C8H16ClNO3S. The van der Waals surface area contributed by atoms with Crippen LogP contribution >= 0.6 is 11.6 Å². The second kappa shape index (κ2) is 4.79. The van der Waals surface area contributed by atoms with E-state index in [9.17, 15) is 8.42 Å². The van der Waals surface area contributed by atoms with Gasteiger partial charge in [0.2, 0.25) is 10.0 Å². The Balaban J connectivity index is 2.68. The molecular weight excluding hydrogens is 226 g/mol. The van der Waals surface area contributed by atoms with Gasteiger partial charge in [0.05, 0.1) is 18.0 Å². The van der Waals surface area contributed by atoms with Crippen LogP contribution in [0.3, 0.4) is 0 Å². The summed E-state index contributed by atoms with van der Waals surface area (Å²) in [6.07, 6.45) is -0.0762. The summed E-state index contributed by atoms with van der Waals surface area (Å²) >= 11 is 5.44. The van der Waals surface area contributed by atoms with Crippen molar-refractivity contribution in [3.8, 4) is 0 Å². The van der Waals surface area contributed by atoms with Crippen LogP contribution in [-0.2, 0) is 14.8 Å². The predicted octanol–water partition coefficient (Wildman–Crippen LogP) is 0.664. The molecule has 1 saturated heterocycles. The van der Waals surface area contributed by atoms with Gasteiger partial charge in [-0.15, -0.1) is 11.6 Å². The normalized spacial score (nSPS) is 30.5. The van der Waals surface area contributed by atoms with Crippen molar-refractivity contribution in [2.24, 2.45) is 0 Å². The van der Waals surface area contributed by atoms with Gasteiger partial charge in [0.1, 0.15) is 0 Å². The van der Waals surface area contributed by atoms with Crippen molar-refractivity contribution in [2.45, 2.75) is 26.1 Å². The standard InChI is InChI=1S/C8H16ClNO3S/c1-7-5-10(6-8(2)13-7)14(11,12)4-3-9/h7-8H,3-6H2,1-2H3/t7-,8+. The zero-order chi connectivity index (χ0) is 10.8. The molecule has 0 aromatic rings. The third kappa shape index (κ3) is 3.08. The minimum Gasteiger partial charge on any atom is -0.373 e. The maximum atomic E-state index is 11.7. The molecule has 1 aliphatic rings. The van der Waals surface area contributed by atoms with Crippen LogP contribution in [0.2, 0.25) is 0 Å². The van der Waals surface area contributed by atoms with E-state index in [1.54, 1.807) is 0 Å². The summed E-state index contributed by atoms with van der Waals surface area (Å²) in [4.78, 5) is 0. The maximum Gasteiger partial charge on any atom is 0.215 e. The van der Waals surface area contributed by atoms with Gasteiger partial charge in [0, 0.05) is 19.0 Å². The van der Waals surface area contributed by atoms with E-state index in [1.807, 2.05) is 13.8 Å². The second-order valence-corrected chi connectivity index (χ2v) is 6.05. The molecule has 0 aliphatic carbocycles. The van der Waals surface area contributed by atoms with Crippen molar-refractivity contribution < 1.29 is 13.2 Å². The Morgan fingerprint density at radius 2 is 1.86 bits per heavy atom. The number of halogens is 1. The molecule has 0 spiro atoms. The van der Waals surface area contributed by atoms with Crippen molar-refractivity contribution in [3.63, 3.8) is 0 Å². The van der Waals surface area contributed by atoms with Gasteiger partial charge in [-0.25, -0.2) is 8.42 Å². The quantitative estimate of drug-likeness (QED) is 0.683. The molecule has 1 rings (SSSR count). The first-order valence-corrected chi connectivity index (χ1v) is 6.79. The van der Waals surface area contributed by atoms with Gasteiger partial charge in [-0.1, -0.05) is 0 Å². The third-order valence-corrected chi connectivity index (χ3v) is 4.33. The van der Waals surface area contributed by atoms with Gasteiger partial charge in [0.15, 0.2) is 0 Å². The summed E-state index contributed by atoms with van der Waals surface area (Å²) in [5.74, 6) is 0.149. The highest BCUT2D eigenvalue weighted by Gasteiger charge is 2.30. The van der Waals surface area contributed by atoms with Crippen LogP contribution in [-0.4, -0.2) is 49.7 Å². The van der Waals surface area contributed by atoms with Crippen LogP contribution in [0.4, 0.5) is 0 Å². The highest BCUT2D eigenvalue weighted by Crippen LogP contribution is 2.14. The number of alkyl halides is 1. The summed E-state index contributed by atoms with van der Waals surface area (Å²) < 4.78 is 30.2. The van der Waals surface area contributed by atoms with Gasteiger partial charge < -0.3 is 4.74 Å². The van der Waals surface area contributed by atoms with E-state index in [0.717, 1.165) is 0 Å². The molecule has 0 aromatic heterocycles. The van der Waals surface area contributed by atoms with Crippen LogP contribution < -0.4 is 0 Å². The molecule has 0 amide bonds. The topological polar surface area (TPSA) is 46.6 Å². The summed E-state index contributed by atoms with van der Waals surface area (Å²) in [5.41, 5.74) is 0. The van der Waals surface area contributed by atoms with Gasteiger partial charge in [-0.2, -0.15) is 4.31 Å². The molecule has 1 heterocycles. The summed E-state index contributed by atoms with van der Waals surface area (Å²) in [5, 5.41) is 0. The number of ether oxygens (including phenoxy) is 1. The van der Waals surface area contributed by atoms with Gasteiger partial charge >= 0.3 is 0 Å². The van der Waals surface area contributed by atoms with Crippen LogP contribution in [0, 0.1) is 0 Å². The van der Waals surface area contributed by atoms with Crippen molar-refractivity contribution in [2.75, 3.05) is 24.7 Å². The molecule has 84 valence electrons. The van der Waals surface area contributed by atoms with Gasteiger partial charge in [-0.3, -0.25) is 0 Å². The fourth-order valence-corrected chi connectivity index (χ4v) is 3.50. The zero-order valence-corrected chi connectivity index (χ0v) is 10.0. The first-order valence-electron chi connectivity index (χ1n) is 4.65. The molecule has 0 unspecified atom stereocenters. The Labute approximate surface area is 90.2 Å². The van der Waals surface area contributed by atoms with Crippen molar-refractivity contribution in [1.29, 1.82) is 0 Å². The largest absolute Gasteiger partial charge is 0.373 e. The summed E-state index contributed by atoms with van der Waals surface area (Å²) in [7, 11) is -3.18. The van der Waals surface area contributed by atoms with Gasteiger partial charge in [-0.05, 0) is 13.8 Å². The molecule has 4 nitrogen and oxygen atoms in total. The molecule has 1 fully saturated rings. The Hall–Kier alpha value is 0.160. The molecule has 6 heteroatoms. The number of nitrogens with zero attached hydrogens (tertiary/aromatic N) is 1. The molecule has 2 atom stereocenters. The van der Waals surface area contributed by atoms with E-state index in [4.69, 9.17) is 16.3 Å². The highest BCUT2D eigenvalue weighted by molar-refractivity contribution is 7.89. The average Bonchev–Trinajstić information content (AvgIpc) is 2.02. The summed E-state index contributed by atoms with van der Waals surface area (Å²) in [6.45, 7) is 4.62. The Morgan fingerprint density at radius 1 is 1.36 bits per heavy atom. The van der Waals surface area contributed by atoms with E-state index >= 15 is 0 Å². The van der Waals surface area contributed by atoms with E-state index in [1.165, 1.54) is 4.31 Å². The van der Waals surface area contributed by atoms with E-state index in [2.05, 4.69) is 0 Å². The van der Waals surface area contributed by atoms with E-state index in [-0.39, 0.29) is 23.8 Å². The highest BCUT2D eigenvalue weighted by atomic mass is 35.5. The maximum absolute atomic E-state index is 11.7. The van der Waals surface area contributed by atoms with E-state index in [0.29, 0.717) is 13.1 Å². The van der Waals surface area contributed by atoms with Gasteiger partial charge in [0.25, 0.3) is 0 Å². The second-order valence-electron chi connectivity index (χ2n) is 3.58. The first-order chi connectivity index (χ1) is 6.45. The lowest BCUT2D eigenvalue weighted by molar-refractivity contribution is -0.0440. The number of morpholine rings is 1. The van der Waals surface area contributed by atoms with Crippen molar-refractivity contribution in [1.82, 2.24) is 4.31 Å². The smallest absolute Gasteiger partial charge is 0.215 e. The number of hydrogen-bond acceptors (Lipinski definition) is 3. The minimum absolute atomic E-state index is 0.00793. The summed E-state index contributed by atoms with van der Waals surface area (Å²) in [6, 6.07) is 0. The Morgan fingerprint density at radius 3 is 2.29 bits per heavy atom. The van der Waals surface area contributed by atoms with Crippen molar-refractivity contribution >= 4 is 21.6 Å². The SMILES string of the molecule is C[C@@H]1CN(S(=O)(=O)CCCl)C[C@H](C)O1. The Bertz CT molecular complexity index is 270. The van der Waals surface area contributed by atoms with Crippen LogP contribution in [0.25, 0.3) is 0 Å². The third-order valence-electron chi connectivity index (χ3n) is 2.11. The van der Waals surface area contributed by atoms with E-state index < -0.39 is 10.0 Å². The number of rotatable bonds is 3. The van der Waals surface area contributed by atoms with Crippen LogP contribution in [0.1, 0.15) is 13.8 Å². The molecule has 0 saturated carbocycles. The predicted molar refractivity (Wildman–Crippen MR) is 56.1 cm³/mol. The number of sulfonamides is 1. The number of hydrogen-bond donors (Lipinski definition) is 0.